The molecule has 0 unspecified atom stereocenters. The lowest BCUT2D eigenvalue weighted by atomic mass is 9.78. The number of unbranched alkanes of at least 4 members (excludes halogenated alkanes) is 1. The van der Waals surface area contributed by atoms with Gasteiger partial charge in [0.25, 0.3) is 0 Å². The van der Waals surface area contributed by atoms with Crippen molar-refractivity contribution in [2.45, 2.75) is 103 Å². The molecule has 2 fully saturated rings. The van der Waals surface area contributed by atoms with Crippen LogP contribution in [0.4, 0.5) is 0 Å². The van der Waals surface area contributed by atoms with Gasteiger partial charge in [0.1, 0.15) is 6.10 Å². The summed E-state index contributed by atoms with van der Waals surface area (Å²) in [5, 5.41) is 18.0. The molecule has 0 aromatic rings. The third-order valence-corrected chi connectivity index (χ3v) is 7.12. The average Bonchev–Trinajstić information content (AvgIpc) is 2.79. The van der Waals surface area contributed by atoms with Gasteiger partial charge in [0, 0.05) is 32.1 Å². The summed E-state index contributed by atoms with van der Waals surface area (Å²) in [4.78, 5) is 21.9. The molecular weight excluding hydrogens is 448 g/mol. The van der Waals surface area contributed by atoms with E-state index in [2.05, 4.69) is 13.8 Å². The zero-order valence-corrected chi connectivity index (χ0v) is 21.8. The Bertz CT molecular complexity index is 855. The zero-order valence-electron chi connectivity index (χ0n) is 21.8. The highest BCUT2D eigenvalue weighted by Crippen LogP contribution is 2.47. The molecule has 0 amide bonds. The quantitative estimate of drug-likeness (QED) is 0.278. The Labute approximate surface area is 209 Å². The van der Waals surface area contributed by atoms with Gasteiger partial charge in [-0.15, -0.1) is 0 Å². The molecule has 0 bridgehead atoms. The van der Waals surface area contributed by atoms with Crippen molar-refractivity contribution in [3.05, 3.63) is 47.6 Å². The van der Waals surface area contributed by atoms with Crippen LogP contribution in [0.5, 0.6) is 0 Å². The van der Waals surface area contributed by atoms with Crippen molar-refractivity contribution in [1.29, 1.82) is 0 Å². The van der Waals surface area contributed by atoms with Crippen LogP contribution in [-0.4, -0.2) is 52.9 Å². The van der Waals surface area contributed by atoms with Gasteiger partial charge in [0.05, 0.1) is 11.7 Å². The number of hydrogen-bond donors (Lipinski definition) is 2. The van der Waals surface area contributed by atoms with Crippen LogP contribution in [0.25, 0.3) is 0 Å². The molecule has 2 aliphatic heterocycles. The Kier molecular flexibility index (Phi) is 10.9. The molecule has 1 spiro atoms. The number of ether oxygens (including phenoxy) is 3. The van der Waals surface area contributed by atoms with E-state index in [4.69, 9.17) is 24.4 Å². The fraction of sp³-hybridized carbons (Fsp3) is 0.643. The molecule has 196 valence electrons. The monoisotopic (exact) mass is 490 g/mol. The first-order chi connectivity index (χ1) is 16.5. The molecule has 0 saturated carbocycles. The summed E-state index contributed by atoms with van der Waals surface area (Å²) in [6.45, 7) is 7.84. The van der Waals surface area contributed by atoms with Crippen LogP contribution in [0.1, 0.15) is 79.1 Å². The lowest BCUT2D eigenvalue weighted by Crippen LogP contribution is -2.58. The smallest absolute Gasteiger partial charge is 0.328 e. The molecule has 35 heavy (non-hydrogen) atoms. The Morgan fingerprint density at radius 2 is 1.69 bits per heavy atom. The van der Waals surface area contributed by atoms with E-state index in [9.17, 15) is 9.59 Å². The van der Waals surface area contributed by atoms with Crippen molar-refractivity contribution in [1.82, 2.24) is 0 Å². The van der Waals surface area contributed by atoms with Crippen molar-refractivity contribution in [2.24, 2.45) is 5.92 Å². The van der Waals surface area contributed by atoms with E-state index in [1.165, 1.54) is 12.2 Å². The standard InChI is InChI=1S/C28H42O7/c1-6-7-14-27(33-5)16-17-28(35-24(27)12-11-21(3)19-26(31)32)15-13-22(4)23(34-28)10-8-9-20(2)18-25(29)30/h8-9,11-12,18-19,22-24H,6-7,10,13-17H2,1-5H3,(H,29,30)(H,31,32)/t22-,23+,24-,27+,28-/m0/s1. The number of aliphatic carboxylic acids is 2. The maximum absolute atomic E-state index is 11.1. The first kappa shape index (κ1) is 29.0. The van der Waals surface area contributed by atoms with E-state index >= 15 is 0 Å². The summed E-state index contributed by atoms with van der Waals surface area (Å²) in [5.41, 5.74) is 0.828. The number of hydrogen-bond acceptors (Lipinski definition) is 5. The van der Waals surface area contributed by atoms with Gasteiger partial charge in [-0.25, -0.2) is 9.59 Å². The first-order valence-electron chi connectivity index (χ1n) is 12.6. The van der Waals surface area contributed by atoms with Crippen molar-refractivity contribution >= 4 is 11.9 Å². The summed E-state index contributed by atoms with van der Waals surface area (Å²) in [6.07, 6.45) is 16.3. The molecule has 2 heterocycles. The van der Waals surface area contributed by atoms with E-state index in [1.54, 1.807) is 27.0 Å². The number of rotatable bonds is 11. The normalized spacial score (nSPS) is 32.5. The highest BCUT2D eigenvalue weighted by Gasteiger charge is 2.52. The first-order valence-corrected chi connectivity index (χ1v) is 12.6. The Hall–Kier alpha value is -2.22. The Balaban J connectivity index is 2.24. The molecule has 2 aliphatic rings. The van der Waals surface area contributed by atoms with Gasteiger partial charge in [-0.05, 0) is 56.6 Å². The number of carbonyl (C=O) groups is 2. The molecule has 2 saturated heterocycles. The fourth-order valence-corrected chi connectivity index (χ4v) is 4.97. The predicted molar refractivity (Wildman–Crippen MR) is 135 cm³/mol. The second kappa shape index (κ2) is 13.2. The third kappa shape index (κ3) is 8.44. The maximum Gasteiger partial charge on any atom is 0.328 e. The van der Waals surface area contributed by atoms with Crippen molar-refractivity contribution in [3.8, 4) is 0 Å². The molecule has 7 heteroatoms. The van der Waals surface area contributed by atoms with Crippen molar-refractivity contribution in [2.75, 3.05) is 7.11 Å². The number of carboxylic acids is 2. The second-order valence-electron chi connectivity index (χ2n) is 9.94. The van der Waals surface area contributed by atoms with Gasteiger partial charge >= 0.3 is 11.9 Å². The summed E-state index contributed by atoms with van der Waals surface area (Å²) in [7, 11) is 1.72. The van der Waals surface area contributed by atoms with Crippen LogP contribution >= 0.6 is 0 Å². The van der Waals surface area contributed by atoms with Crippen LogP contribution in [-0.2, 0) is 23.8 Å². The van der Waals surface area contributed by atoms with E-state index in [0.717, 1.165) is 44.9 Å². The highest BCUT2D eigenvalue weighted by atomic mass is 16.7. The molecule has 0 radical (unpaired) electrons. The predicted octanol–water partition coefficient (Wildman–Crippen LogP) is 5.82. The van der Waals surface area contributed by atoms with E-state index in [0.29, 0.717) is 23.5 Å². The SMILES string of the molecule is CCCC[C@@]1(OC)CC[C@]2(CC[C@H](C)[C@@H](CC=CC(C)=CC(=O)O)O2)O[C@H]1C=CC(C)=CC(=O)O. The van der Waals surface area contributed by atoms with Crippen molar-refractivity contribution in [3.63, 3.8) is 0 Å². The van der Waals surface area contributed by atoms with Crippen LogP contribution in [0.15, 0.2) is 47.6 Å². The second-order valence-corrected chi connectivity index (χ2v) is 9.94. The highest BCUT2D eigenvalue weighted by molar-refractivity contribution is 5.81. The van der Waals surface area contributed by atoms with E-state index in [-0.39, 0.29) is 12.2 Å². The lowest BCUT2D eigenvalue weighted by Gasteiger charge is -2.53. The third-order valence-electron chi connectivity index (χ3n) is 7.12. The van der Waals surface area contributed by atoms with E-state index < -0.39 is 23.3 Å². The minimum absolute atomic E-state index is 0.0402. The summed E-state index contributed by atoms with van der Waals surface area (Å²) in [5.74, 6) is -2.31. The lowest BCUT2D eigenvalue weighted by molar-refractivity contribution is -0.346. The van der Waals surface area contributed by atoms with Crippen LogP contribution in [0.2, 0.25) is 0 Å². The molecular formula is C28H42O7. The molecule has 2 rings (SSSR count). The minimum atomic E-state index is -0.980. The van der Waals surface area contributed by atoms with Crippen molar-refractivity contribution < 1.29 is 34.0 Å². The van der Waals surface area contributed by atoms with Gasteiger partial charge < -0.3 is 24.4 Å². The molecule has 0 aliphatic carbocycles. The fourth-order valence-electron chi connectivity index (χ4n) is 4.97. The Morgan fingerprint density at radius 1 is 1.03 bits per heavy atom. The van der Waals surface area contributed by atoms with E-state index in [1.807, 2.05) is 18.2 Å². The summed E-state index contributed by atoms with van der Waals surface area (Å²) >= 11 is 0. The maximum atomic E-state index is 11.1. The Morgan fingerprint density at radius 3 is 2.29 bits per heavy atom. The molecule has 5 atom stereocenters. The average molecular weight is 491 g/mol. The number of allylic oxidation sites excluding steroid dienone is 4. The molecule has 0 aromatic carbocycles. The summed E-state index contributed by atoms with van der Waals surface area (Å²) in [6, 6.07) is 0. The van der Waals surface area contributed by atoms with Crippen LogP contribution < -0.4 is 0 Å². The zero-order chi connectivity index (χ0) is 26.1. The molecule has 0 aromatic heterocycles. The van der Waals surface area contributed by atoms with Gasteiger partial charge in [-0.3, -0.25) is 0 Å². The van der Waals surface area contributed by atoms with Gasteiger partial charge in [0.15, 0.2) is 5.79 Å². The van der Waals surface area contributed by atoms with Gasteiger partial charge in [-0.1, -0.05) is 51.0 Å². The molecule has 7 nitrogen and oxygen atoms in total. The van der Waals surface area contributed by atoms with Crippen LogP contribution in [0.3, 0.4) is 0 Å². The molecule has 2 N–H and O–H groups in total. The minimum Gasteiger partial charge on any atom is -0.478 e. The number of methoxy groups -OCH3 is 1. The topological polar surface area (TPSA) is 102 Å². The number of carboxylic acid groups (broad SMARTS) is 2. The largest absolute Gasteiger partial charge is 0.478 e. The van der Waals surface area contributed by atoms with Gasteiger partial charge in [-0.2, -0.15) is 0 Å². The van der Waals surface area contributed by atoms with Crippen LogP contribution in [0, 0.1) is 5.92 Å². The van der Waals surface area contributed by atoms with Gasteiger partial charge in [0.2, 0.25) is 0 Å². The summed E-state index contributed by atoms with van der Waals surface area (Å²) < 4.78 is 19.4.